The number of carbonyl (C=O) groups is 1. The second kappa shape index (κ2) is 4.85. The molecule has 0 fully saturated rings. The van der Waals surface area contributed by atoms with Gasteiger partial charge in [-0.3, -0.25) is 9.36 Å². The van der Waals surface area contributed by atoms with E-state index < -0.39 is 0 Å². The molecule has 0 N–H and O–H groups in total. The Kier molecular flexibility index (Phi) is 3.03. The molecule has 0 aliphatic heterocycles. The normalized spacial score (nSPS) is 10.7. The van der Waals surface area contributed by atoms with Gasteiger partial charge < -0.3 is 4.90 Å². The topological polar surface area (TPSA) is 25.2 Å². The maximum atomic E-state index is 12.6. The van der Waals surface area contributed by atoms with Crippen molar-refractivity contribution in [2.24, 2.45) is 0 Å². The lowest BCUT2D eigenvalue weighted by Crippen LogP contribution is -2.12. The first-order chi connectivity index (χ1) is 9.66. The van der Waals surface area contributed by atoms with E-state index in [9.17, 15) is 4.79 Å². The van der Waals surface area contributed by atoms with Gasteiger partial charge in [-0.15, -0.1) is 0 Å². The molecule has 3 nitrogen and oxygen atoms in total. The van der Waals surface area contributed by atoms with Crippen molar-refractivity contribution in [3.05, 3.63) is 66.4 Å². The number of hydrogen-bond acceptors (Lipinski definition) is 2. The molecule has 20 heavy (non-hydrogen) atoms. The van der Waals surface area contributed by atoms with Crippen LogP contribution in [0.2, 0.25) is 0 Å². The van der Waals surface area contributed by atoms with Crippen LogP contribution in [0.3, 0.4) is 0 Å². The minimum Gasteiger partial charge on any atom is -0.378 e. The van der Waals surface area contributed by atoms with E-state index in [2.05, 4.69) is 0 Å². The molecule has 100 valence electrons. The smallest absolute Gasteiger partial charge is 0.262 e. The summed E-state index contributed by atoms with van der Waals surface area (Å²) in [4.78, 5) is 14.6. The van der Waals surface area contributed by atoms with E-state index in [-0.39, 0.29) is 5.91 Å². The van der Waals surface area contributed by atoms with Gasteiger partial charge in [0.15, 0.2) is 0 Å². The van der Waals surface area contributed by atoms with Crippen molar-refractivity contribution in [1.29, 1.82) is 0 Å². The zero-order valence-corrected chi connectivity index (χ0v) is 11.6. The summed E-state index contributed by atoms with van der Waals surface area (Å²) < 4.78 is 1.69. The third-order valence-electron chi connectivity index (χ3n) is 3.45. The van der Waals surface area contributed by atoms with Crippen molar-refractivity contribution >= 4 is 22.5 Å². The standard InChI is InChI=1S/C17H16N2O/c1-18(2)15-9-7-14(8-10-15)17(20)19-12-11-13-5-3-4-6-16(13)19/h3-12H,1-2H3. The van der Waals surface area contributed by atoms with Gasteiger partial charge in [0, 0.05) is 36.9 Å². The average molecular weight is 264 g/mol. The Balaban J connectivity index is 2.00. The summed E-state index contributed by atoms with van der Waals surface area (Å²) in [6, 6.07) is 17.5. The van der Waals surface area contributed by atoms with E-state index in [0.717, 1.165) is 16.6 Å². The molecule has 0 aliphatic rings. The number of anilines is 1. The van der Waals surface area contributed by atoms with Crippen molar-refractivity contribution < 1.29 is 4.79 Å². The van der Waals surface area contributed by atoms with Crippen molar-refractivity contribution in [1.82, 2.24) is 4.57 Å². The van der Waals surface area contributed by atoms with Crippen LogP contribution in [-0.2, 0) is 0 Å². The summed E-state index contributed by atoms with van der Waals surface area (Å²) in [5, 5.41) is 1.07. The number of fused-ring (bicyclic) bond motifs is 1. The predicted molar refractivity (Wildman–Crippen MR) is 82.4 cm³/mol. The second-order valence-corrected chi connectivity index (χ2v) is 4.99. The zero-order chi connectivity index (χ0) is 14.1. The summed E-state index contributed by atoms with van der Waals surface area (Å²) in [6.07, 6.45) is 1.83. The summed E-state index contributed by atoms with van der Waals surface area (Å²) in [7, 11) is 3.96. The average Bonchev–Trinajstić information content (AvgIpc) is 2.90. The monoisotopic (exact) mass is 264 g/mol. The van der Waals surface area contributed by atoms with E-state index in [4.69, 9.17) is 0 Å². The SMILES string of the molecule is CN(C)c1ccc(C(=O)n2ccc3ccccc32)cc1. The van der Waals surface area contributed by atoms with Crippen LogP contribution in [0.4, 0.5) is 5.69 Å². The molecule has 0 atom stereocenters. The molecule has 2 aromatic carbocycles. The van der Waals surface area contributed by atoms with Gasteiger partial charge in [0.1, 0.15) is 0 Å². The fourth-order valence-electron chi connectivity index (χ4n) is 2.30. The Bertz CT molecular complexity index is 754. The molecule has 1 heterocycles. The lowest BCUT2D eigenvalue weighted by molar-refractivity contribution is 0.0965. The van der Waals surface area contributed by atoms with Crippen molar-refractivity contribution in [2.45, 2.75) is 0 Å². The predicted octanol–water partition coefficient (Wildman–Crippen LogP) is 3.40. The van der Waals surface area contributed by atoms with Crippen molar-refractivity contribution in [3.8, 4) is 0 Å². The van der Waals surface area contributed by atoms with Crippen LogP contribution in [-0.4, -0.2) is 24.6 Å². The number of aromatic nitrogens is 1. The van der Waals surface area contributed by atoms with Gasteiger partial charge in [-0.25, -0.2) is 0 Å². The first-order valence-electron chi connectivity index (χ1n) is 6.55. The van der Waals surface area contributed by atoms with E-state index in [1.807, 2.05) is 79.8 Å². The molecule has 0 radical (unpaired) electrons. The zero-order valence-electron chi connectivity index (χ0n) is 11.6. The summed E-state index contributed by atoms with van der Waals surface area (Å²) in [5.41, 5.74) is 2.71. The maximum absolute atomic E-state index is 12.6. The molecule has 0 aliphatic carbocycles. The molecule has 0 unspecified atom stereocenters. The molecule has 0 bridgehead atoms. The molecular formula is C17H16N2O. The Morgan fingerprint density at radius 1 is 0.950 bits per heavy atom. The molecule has 0 amide bonds. The second-order valence-electron chi connectivity index (χ2n) is 4.99. The highest BCUT2D eigenvalue weighted by Crippen LogP contribution is 2.18. The highest BCUT2D eigenvalue weighted by molar-refractivity contribution is 6.02. The summed E-state index contributed by atoms with van der Waals surface area (Å²) in [6.45, 7) is 0. The van der Waals surface area contributed by atoms with Crippen molar-refractivity contribution in [3.63, 3.8) is 0 Å². The number of nitrogens with zero attached hydrogens (tertiary/aromatic N) is 2. The van der Waals surface area contributed by atoms with Gasteiger partial charge in [0.2, 0.25) is 0 Å². The molecule has 3 aromatic rings. The Labute approximate surface area is 118 Å². The fourth-order valence-corrected chi connectivity index (χ4v) is 2.30. The van der Waals surface area contributed by atoms with Gasteiger partial charge >= 0.3 is 0 Å². The van der Waals surface area contributed by atoms with Gasteiger partial charge in [-0.05, 0) is 36.4 Å². The van der Waals surface area contributed by atoms with Gasteiger partial charge in [0.05, 0.1) is 5.52 Å². The molecule has 0 spiro atoms. The molecular weight excluding hydrogens is 248 g/mol. The Hall–Kier alpha value is -2.55. The molecule has 1 aromatic heterocycles. The summed E-state index contributed by atoms with van der Waals surface area (Å²) in [5.74, 6) is -0.00324. The fraction of sp³-hybridized carbons (Fsp3) is 0.118. The van der Waals surface area contributed by atoms with Crippen LogP contribution in [0.1, 0.15) is 10.4 Å². The van der Waals surface area contributed by atoms with E-state index in [1.54, 1.807) is 4.57 Å². The largest absolute Gasteiger partial charge is 0.378 e. The lowest BCUT2D eigenvalue weighted by atomic mass is 10.2. The van der Waals surface area contributed by atoms with E-state index >= 15 is 0 Å². The van der Waals surface area contributed by atoms with Gasteiger partial charge in [0.25, 0.3) is 5.91 Å². The van der Waals surface area contributed by atoms with Gasteiger partial charge in [-0.1, -0.05) is 18.2 Å². The molecule has 0 saturated heterocycles. The number of carbonyl (C=O) groups excluding carboxylic acids is 1. The quantitative estimate of drug-likeness (QED) is 0.709. The minimum atomic E-state index is -0.00324. The number of hydrogen-bond donors (Lipinski definition) is 0. The Morgan fingerprint density at radius 3 is 2.35 bits per heavy atom. The van der Waals surface area contributed by atoms with E-state index in [1.165, 1.54) is 0 Å². The summed E-state index contributed by atoms with van der Waals surface area (Å²) >= 11 is 0. The third-order valence-corrected chi connectivity index (χ3v) is 3.45. The van der Waals surface area contributed by atoms with Crippen LogP contribution in [0.15, 0.2) is 60.8 Å². The third kappa shape index (κ3) is 2.07. The maximum Gasteiger partial charge on any atom is 0.262 e. The van der Waals surface area contributed by atoms with Crippen molar-refractivity contribution in [2.75, 3.05) is 19.0 Å². The van der Waals surface area contributed by atoms with E-state index in [0.29, 0.717) is 5.56 Å². The molecule has 3 heteroatoms. The number of para-hydroxylation sites is 1. The Morgan fingerprint density at radius 2 is 1.65 bits per heavy atom. The van der Waals surface area contributed by atoms with Crippen LogP contribution in [0.25, 0.3) is 10.9 Å². The van der Waals surface area contributed by atoms with Crippen LogP contribution in [0, 0.1) is 0 Å². The van der Waals surface area contributed by atoms with Crippen LogP contribution in [0.5, 0.6) is 0 Å². The number of benzene rings is 2. The molecule has 3 rings (SSSR count). The lowest BCUT2D eigenvalue weighted by Gasteiger charge is -2.12. The minimum absolute atomic E-state index is 0.00324. The first kappa shape index (κ1) is 12.5. The highest BCUT2D eigenvalue weighted by Gasteiger charge is 2.11. The first-order valence-corrected chi connectivity index (χ1v) is 6.55. The highest BCUT2D eigenvalue weighted by atomic mass is 16.2. The number of rotatable bonds is 2. The van der Waals surface area contributed by atoms with Gasteiger partial charge in [-0.2, -0.15) is 0 Å². The van der Waals surface area contributed by atoms with Crippen LogP contribution < -0.4 is 4.90 Å². The van der Waals surface area contributed by atoms with Crippen LogP contribution >= 0.6 is 0 Å². The molecule has 0 saturated carbocycles.